The molecule has 0 aromatic carbocycles. The standard InChI is InChI=1S/C4H6O6.Na.4H2O.H/c5-1(3(7)8)2(6)4(9)10;;;;;;/h1-2,5-6H,(H,7,8)(H,9,10);;4*1H2;/q;+1;;;;;-1. The Balaban J connectivity index is -0.0000000270. The van der Waals surface area contributed by atoms with Crippen molar-refractivity contribution in [2.45, 2.75) is 12.2 Å². The zero-order chi connectivity index (χ0) is 8.31. The molecule has 12 N–H and O–H groups in total. The van der Waals surface area contributed by atoms with E-state index in [0.29, 0.717) is 0 Å². The second kappa shape index (κ2) is 16.1. The van der Waals surface area contributed by atoms with Crippen molar-refractivity contribution < 1.29 is 82.9 Å². The minimum atomic E-state index is -2.27. The van der Waals surface area contributed by atoms with E-state index in [1.54, 1.807) is 0 Å². The summed E-state index contributed by atoms with van der Waals surface area (Å²) in [5.74, 6) is -3.54. The van der Waals surface area contributed by atoms with Crippen LogP contribution >= 0.6 is 0 Å². The maximum atomic E-state index is 9.77. The maximum absolute atomic E-state index is 9.77. The van der Waals surface area contributed by atoms with Gasteiger partial charge in [-0.1, -0.05) is 0 Å². The van der Waals surface area contributed by atoms with Gasteiger partial charge in [-0.2, -0.15) is 0 Å². The molecule has 0 rings (SSSR count). The second-order valence-corrected chi connectivity index (χ2v) is 1.57. The largest absolute Gasteiger partial charge is 1.00 e. The van der Waals surface area contributed by atoms with Crippen LogP contribution < -0.4 is 29.6 Å². The topological polar surface area (TPSA) is 241 Å². The maximum Gasteiger partial charge on any atom is 1.00 e. The Kier molecular flexibility index (Phi) is 39.2. The van der Waals surface area contributed by atoms with Gasteiger partial charge in [0.25, 0.3) is 0 Å². The molecular formula is C4H15NaO10. The molecule has 0 saturated heterocycles. The summed E-state index contributed by atoms with van der Waals surface area (Å²) in [6.45, 7) is 0. The molecule has 92 valence electrons. The van der Waals surface area contributed by atoms with Gasteiger partial charge < -0.3 is 43.8 Å². The molecule has 0 spiro atoms. The van der Waals surface area contributed by atoms with Crippen molar-refractivity contribution in [3.8, 4) is 0 Å². The van der Waals surface area contributed by atoms with E-state index < -0.39 is 24.1 Å². The first-order valence-corrected chi connectivity index (χ1v) is 2.28. The predicted octanol–water partition coefficient (Wildman–Crippen LogP) is -8.30. The van der Waals surface area contributed by atoms with Crippen molar-refractivity contribution in [1.82, 2.24) is 0 Å². The molecule has 0 radical (unpaired) electrons. The molecule has 0 heterocycles. The Morgan fingerprint density at radius 1 is 0.800 bits per heavy atom. The van der Waals surface area contributed by atoms with Crippen molar-refractivity contribution in [1.29, 1.82) is 0 Å². The van der Waals surface area contributed by atoms with E-state index in [-0.39, 0.29) is 52.9 Å². The number of aliphatic hydroxyl groups is 2. The Morgan fingerprint density at radius 2 is 0.933 bits per heavy atom. The smallest absolute Gasteiger partial charge is 1.00 e. The van der Waals surface area contributed by atoms with Crippen molar-refractivity contribution in [2.24, 2.45) is 0 Å². The molecule has 0 aliphatic rings. The number of hydrogen-bond acceptors (Lipinski definition) is 4. The fraction of sp³-hybridized carbons (Fsp3) is 0.500. The molecule has 0 bridgehead atoms. The monoisotopic (exact) mass is 246 g/mol. The molecule has 2 atom stereocenters. The normalized spacial score (nSPS) is 10.5. The first-order chi connectivity index (χ1) is 4.46. The van der Waals surface area contributed by atoms with Crippen molar-refractivity contribution in [3.05, 3.63) is 0 Å². The SMILES string of the molecule is O.O.O.O.O=C(O)C(O)C(O)C(=O)O.[H-].[Na+]. The first kappa shape index (κ1) is 36.5. The summed E-state index contributed by atoms with van der Waals surface area (Å²) in [7, 11) is 0. The van der Waals surface area contributed by atoms with Gasteiger partial charge in [0.1, 0.15) is 0 Å². The summed E-state index contributed by atoms with van der Waals surface area (Å²) in [5, 5.41) is 32.5. The van der Waals surface area contributed by atoms with Crippen LogP contribution in [0.4, 0.5) is 0 Å². The van der Waals surface area contributed by atoms with Gasteiger partial charge in [-0.05, 0) is 0 Å². The van der Waals surface area contributed by atoms with Crippen molar-refractivity contribution >= 4 is 11.9 Å². The molecule has 11 heteroatoms. The van der Waals surface area contributed by atoms with E-state index in [4.69, 9.17) is 20.4 Å². The zero-order valence-electron chi connectivity index (χ0n) is 8.76. The summed E-state index contributed by atoms with van der Waals surface area (Å²) in [6.07, 6.45) is -4.53. The van der Waals surface area contributed by atoms with Crippen LogP contribution in [0.15, 0.2) is 0 Å². The van der Waals surface area contributed by atoms with Crippen LogP contribution in [-0.2, 0) is 9.59 Å². The van der Waals surface area contributed by atoms with Crippen LogP contribution in [0.5, 0.6) is 0 Å². The van der Waals surface area contributed by atoms with Gasteiger partial charge in [-0.25, -0.2) is 9.59 Å². The van der Waals surface area contributed by atoms with Crippen molar-refractivity contribution in [2.75, 3.05) is 0 Å². The van der Waals surface area contributed by atoms with Gasteiger partial charge in [0.2, 0.25) is 0 Å². The molecule has 0 aliphatic heterocycles. The first-order valence-electron chi connectivity index (χ1n) is 2.28. The average Bonchev–Trinajstić information content (AvgIpc) is 1.84. The third-order valence-electron chi connectivity index (χ3n) is 0.805. The Bertz CT molecular complexity index is 147. The summed E-state index contributed by atoms with van der Waals surface area (Å²) in [4.78, 5) is 19.5. The molecule has 0 amide bonds. The number of carbonyl (C=O) groups is 2. The third kappa shape index (κ3) is 13.7. The van der Waals surface area contributed by atoms with Gasteiger partial charge >= 0.3 is 41.5 Å². The second-order valence-electron chi connectivity index (χ2n) is 1.57. The molecule has 0 aliphatic carbocycles. The minimum Gasteiger partial charge on any atom is -1.00 e. The van der Waals surface area contributed by atoms with Crippen LogP contribution in [0.2, 0.25) is 0 Å². The number of carboxylic acid groups (broad SMARTS) is 2. The molecule has 0 fully saturated rings. The molecule has 0 aromatic heterocycles. The fourth-order valence-corrected chi connectivity index (χ4v) is 0.270. The Labute approximate surface area is 107 Å². The average molecular weight is 246 g/mol. The zero-order valence-corrected chi connectivity index (χ0v) is 9.76. The Hall–Kier alpha value is -0.300. The van der Waals surface area contributed by atoms with Crippen LogP contribution in [-0.4, -0.2) is 66.5 Å². The number of hydrogen-bond donors (Lipinski definition) is 4. The van der Waals surface area contributed by atoms with Gasteiger partial charge in [0.05, 0.1) is 0 Å². The van der Waals surface area contributed by atoms with Crippen LogP contribution in [0.1, 0.15) is 1.43 Å². The Morgan fingerprint density at radius 3 is 1.00 bits per heavy atom. The summed E-state index contributed by atoms with van der Waals surface area (Å²) in [6, 6.07) is 0. The van der Waals surface area contributed by atoms with Gasteiger partial charge in [0, 0.05) is 0 Å². The number of rotatable bonds is 3. The van der Waals surface area contributed by atoms with Crippen LogP contribution in [0.25, 0.3) is 0 Å². The number of aliphatic carboxylic acids is 2. The van der Waals surface area contributed by atoms with Gasteiger partial charge in [0.15, 0.2) is 12.2 Å². The molecule has 10 nitrogen and oxygen atoms in total. The molecular weight excluding hydrogens is 231 g/mol. The number of aliphatic hydroxyl groups excluding tert-OH is 2. The molecule has 0 aromatic rings. The van der Waals surface area contributed by atoms with Gasteiger partial charge in [-0.3, -0.25) is 0 Å². The summed E-state index contributed by atoms with van der Waals surface area (Å²) >= 11 is 0. The number of carboxylic acids is 2. The predicted molar refractivity (Wildman–Crippen MR) is 42.9 cm³/mol. The van der Waals surface area contributed by atoms with E-state index >= 15 is 0 Å². The quantitative estimate of drug-likeness (QED) is 0.352. The van der Waals surface area contributed by atoms with E-state index in [1.807, 2.05) is 0 Å². The van der Waals surface area contributed by atoms with E-state index in [2.05, 4.69) is 0 Å². The summed E-state index contributed by atoms with van der Waals surface area (Å²) in [5.41, 5.74) is 0. The molecule has 2 unspecified atom stereocenters. The minimum absolute atomic E-state index is 0. The third-order valence-corrected chi connectivity index (χ3v) is 0.805. The molecule has 15 heavy (non-hydrogen) atoms. The molecule has 0 saturated carbocycles. The van der Waals surface area contributed by atoms with E-state index in [1.165, 1.54) is 0 Å². The van der Waals surface area contributed by atoms with E-state index in [0.717, 1.165) is 0 Å². The van der Waals surface area contributed by atoms with Gasteiger partial charge in [-0.15, -0.1) is 0 Å². The van der Waals surface area contributed by atoms with Crippen LogP contribution in [0.3, 0.4) is 0 Å². The van der Waals surface area contributed by atoms with Crippen molar-refractivity contribution in [3.63, 3.8) is 0 Å². The summed E-state index contributed by atoms with van der Waals surface area (Å²) < 4.78 is 0. The van der Waals surface area contributed by atoms with E-state index in [9.17, 15) is 9.59 Å². The van der Waals surface area contributed by atoms with Crippen LogP contribution in [0, 0.1) is 0 Å². The fourth-order valence-electron chi connectivity index (χ4n) is 0.270.